The lowest BCUT2D eigenvalue weighted by Crippen LogP contribution is -2.28. The van der Waals surface area contributed by atoms with Crippen molar-refractivity contribution in [3.05, 3.63) is 0 Å². The van der Waals surface area contributed by atoms with E-state index >= 15 is 0 Å². The van der Waals surface area contributed by atoms with Crippen LogP contribution >= 0.6 is 0 Å². The zero-order chi connectivity index (χ0) is 11.8. The summed E-state index contributed by atoms with van der Waals surface area (Å²) in [5.74, 6) is 4.02. The van der Waals surface area contributed by atoms with Crippen LogP contribution in [0.5, 0.6) is 0 Å². The van der Waals surface area contributed by atoms with Gasteiger partial charge >= 0.3 is 0 Å². The van der Waals surface area contributed by atoms with Crippen molar-refractivity contribution in [1.82, 2.24) is 0 Å². The Morgan fingerprint density at radius 2 is 1.33 bits per heavy atom. The van der Waals surface area contributed by atoms with E-state index in [9.17, 15) is 0 Å². The lowest BCUT2D eigenvalue weighted by Gasteiger charge is -2.38. The second kappa shape index (κ2) is 8.19. The van der Waals surface area contributed by atoms with Gasteiger partial charge in [-0.1, -0.05) is 60.8 Å². The third-order valence-corrected chi connectivity index (χ3v) is 4.14. The Bertz CT molecular complexity index is 139. The van der Waals surface area contributed by atoms with Crippen molar-refractivity contribution < 1.29 is 0 Å². The maximum absolute atomic E-state index is 2.47. The Labute approximate surface area is 97.8 Å². The van der Waals surface area contributed by atoms with Crippen molar-refractivity contribution in [2.75, 3.05) is 0 Å². The minimum Gasteiger partial charge on any atom is -0.0683 e. The highest BCUT2D eigenvalue weighted by molar-refractivity contribution is 4.81. The van der Waals surface area contributed by atoms with E-state index in [1.54, 1.807) is 0 Å². The van der Waals surface area contributed by atoms with Gasteiger partial charge in [-0.3, -0.25) is 0 Å². The summed E-state index contributed by atoms with van der Waals surface area (Å²) < 4.78 is 0. The molecule has 0 heterocycles. The van der Waals surface area contributed by atoms with E-state index in [-0.39, 0.29) is 0 Å². The minimum absolute atomic E-state index is 0.984. The van der Waals surface area contributed by atoms with Gasteiger partial charge in [0.2, 0.25) is 0 Å². The molecular weight excluding hydrogens is 180 g/mol. The van der Waals surface area contributed by atoms with Crippen LogP contribution in [0.1, 0.15) is 73.6 Å². The molecule has 1 saturated carbocycles. The van der Waals surface area contributed by atoms with Crippen molar-refractivity contribution in [1.29, 1.82) is 0 Å². The summed E-state index contributed by atoms with van der Waals surface area (Å²) in [6, 6.07) is 0. The Morgan fingerprint density at radius 1 is 0.867 bits per heavy atom. The van der Waals surface area contributed by atoms with Gasteiger partial charge in [0.05, 0.1) is 0 Å². The van der Waals surface area contributed by atoms with Crippen LogP contribution in [-0.2, 0) is 0 Å². The van der Waals surface area contributed by atoms with E-state index in [1.165, 1.54) is 32.1 Å². The Hall–Kier alpha value is 0. The molecule has 4 atom stereocenters. The second-order valence-corrected chi connectivity index (χ2v) is 5.14. The largest absolute Gasteiger partial charge is 0.0683 e. The molecule has 0 bridgehead atoms. The summed E-state index contributed by atoms with van der Waals surface area (Å²) in [6.45, 7) is 13.6. The first-order valence-corrected chi connectivity index (χ1v) is 7.19. The highest BCUT2D eigenvalue weighted by Gasteiger charge is 2.30. The molecule has 1 rings (SSSR count). The summed E-state index contributed by atoms with van der Waals surface area (Å²) in [7, 11) is 0. The molecule has 0 aliphatic heterocycles. The SMILES string of the molecule is CC.CCCC1CC(C)C(CC)CC1C. The van der Waals surface area contributed by atoms with Gasteiger partial charge in [0, 0.05) is 0 Å². The van der Waals surface area contributed by atoms with Gasteiger partial charge in [0.15, 0.2) is 0 Å². The zero-order valence-corrected chi connectivity index (χ0v) is 11.8. The van der Waals surface area contributed by atoms with Crippen molar-refractivity contribution in [2.24, 2.45) is 23.7 Å². The lowest BCUT2D eigenvalue weighted by atomic mass is 9.67. The molecule has 0 heteroatoms. The van der Waals surface area contributed by atoms with Gasteiger partial charge in [-0.2, -0.15) is 0 Å². The highest BCUT2D eigenvalue weighted by Crippen LogP contribution is 2.40. The third-order valence-electron chi connectivity index (χ3n) is 4.14. The monoisotopic (exact) mass is 212 g/mol. The first-order chi connectivity index (χ1) is 7.19. The second-order valence-electron chi connectivity index (χ2n) is 5.14. The highest BCUT2D eigenvalue weighted by atomic mass is 14.4. The molecule has 92 valence electrons. The maximum Gasteiger partial charge on any atom is -0.0386 e. The average Bonchev–Trinajstić information content (AvgIpc) is 2.26. The van der Waals surface area contributed by atoms with E-state index in [0.717, 1.165) is 23.7 Å². The van der Waals surface area contributed by atoms with Crippen LogP contribution < -0.4 is 0 Å². The molecule has 0 spiro atoms. The van der Waals surface area contributed by atoms with Gasteiger partial charge in [0.1, 0.15) is 0 Å². The lowest BCUT2D eigenvalue weighted by molar-refractivity contribution is 0.123. The van der Waals surface area contributed by atoms with E-state index in [2.05, 4.69) is 27.7 Å². The van der Waals surface area contributed by atoms with Gasteiger partial charge in [-0.25, -0.2) is 0 Å². The first kappa shape index (κ1) is 15.0. The summed E-state index contributed by atoms with van der Waals surface area (Å²) in [6.07, 6.45) is 7.21. The fraction of sp³-hybridized carbons (Fsp3) is 1.00. The molecule has 0 radical (unpaired) electrons. The molecule has 0 nitrogen and oxygen atoms in total. The summed E-state index contributed by atoms with van der Waals surface area (Å²) in [5, 5.41) is 0. The Kier molecular flexibility index (Phi) is 8.19. The predicted molar refractivity (Wildman–Crippen MR) is 71.1 cm³/mol. The van der Waals surface area contributed by atoms with Gasteiger partial charge in [-0.05, 0) is 36.5 Å². The third kappa shape index (κ3) is 4.57. The van der Waals surface area contributed by atoms with E-state index in [1.807, 2.05) is 13.8 Å². The summed E-state index contributed by atoms with van der Waals surface area (Å²) in [4.78, 5) is 0. The van der Waals surface area contributed by atoms with Crippen molar-refractivity contribution in [3.63, 3.8) is 0 Å². The van der Waals surface area contributed by atoms with Crippen LogP contribution in [0, 0.1) is 23.7 Å². The quantitative estimate of drug-likeness (QED) is 0.577. The molecule has 1 aliphatic rings. The van der Waals surface area contributed by atoms with Crippen molar-refractivity contribution in [2.45, 2.75) is 73.6 Å². The standard InChI is InChI=1S/C13H26.C2H6/c1-5-7-13-9-10(3)12(6-2)8-11(13)4;1-2/h10-13H,5-9H2,1-4H3;1-2H3. The predicted octanol–water partition coefficient (Wildman–Crippen LogP) is 5.52. The topological polar surface area (TPSA) is 0 Å². The van der Waals surface area contributed by atoms with Crippen LogP contribution in [0.15, 0.2) is 0 Å². The molecule has 0 aromatic rings. The molecule has 0 aromatic heterocycles. The van der Waals surface area contributed by atoms with Gasteiger partial charge < -0.3 is 0 Å². The molecule has 1 aliphatic carbocycles. The number of hydrogen-bond acceptors (Lipinski definition) is 0. The molecular formula is C15H32. The van der Waals surface area contributed by atoms with Crippen LogP contribution in [0.3, 0.4) is 0 Å². The zero-order valence-electron chi connectivity index (χ0n) is 11.8. The molecule has 15 heavy (non-hydrogen) atoms. The smallest absolute Gasteiger partial charge is 0.0386 e. The van der Waals surface area contributed by atoms with E-state index < -0.39 is 0 Å². The van der Waals surface area contributed by atoms with E-state index in [0.29, 0.717) is 0 Å². The van der Waals surface area contributed by atoms with Crippen molar-refractivity contribution in [3.8, 4) is 0 Å². The van der Waals surface area contributed by atoms with Crippen LogP contribution in [0.2, 0.25) is 0 Å². The Morgan fingerprint density at radius 3 is 1.80 bits per heavy atom. The summed E-state index contributed by atoms with van der Waals surface area (Å²) >= 11 is 0. The molecule has 0 N–H and O–H groups in total. The number of hydrogen-bond donors (Lipinski definition) is 0. The molecule has 0 saturated heterocycles. The van der Waals surface area contributed by atoms with E-state index in [4.69, 9.17) is 0 Å². The molecule has 0 aromatic carbocycles. The fourth-order valence-corrected chi connectivity index (χ4v) is 3.15. The van der Waals surface area contributed by atoms with Crippen LogP contribution in [-0.4, -0.2) is 0 Å². The van der Waals surface area contributed by atoms with Crippen LogP contribution in [0.4, 0.5) is 0 Å². The molecule has 1 fully saturated rings. The first-order valence-electron chi connectivity index (χ1n) is 7.19. The number of rotatable bonds is 3. The molecule has 4 unspecified atom stereocenters. The minimum atomic E-state index is 0.984. The average molecular weight is 212 g/mol. The van der Waals surface area contributed by atoms with Gasteiger partial charge in [0.25, 0.3) is 0 Å². The fourth-order valence-electron chi connectivity index (χ4n) is 3.15. The van der Waals surface area contributed by atoms with Crippen LogP contribution in [0.25, 0.3) is 0 Å². The van der Waals surface area contributed by atoms with Crippen molar-refractivity contribution >= 4 is 0 Å². The normalized spacial score (nSPS) is 35.6. The maximum atomic E-state index is 2.47. The van der Waals surface area contributed by atoms with Gasteiger partial charge in [-0.15, -0.1) is 0 Å². The molecule has 0 amide bonds. The summed E-state index contributed by atoms with van der Waals surface area (Å²) in [5.41, 5.74) is 0. The Balaban J connectivity index is 0.000000921.